The van der Waals surface area contributed by atoms with Crippen molar-refractivity contribution in [2.45, 2.75) is 19.4 Å². The third kappa shape index (κ3) is 1.91. The number of carbonyl (C=O) groups excluding carboxylic acids is 1. The SMILES string of the molecule is CC1=CC2C(C(=O)O)C(C1)C(=O)N2c1ccc(Cl)cc1. The monoisotopic (exact) mass is 291 g/mol. The molecule has 3 unspecified atom stereocenters. The summed E-state index contributed by atoms with van der Waals surface area (Å²) < 4.78 is 0. The molecule has 0 saturated carbocycles. The summed E-state index contributed by atoms with van der Waals surface area (Å²) in [5.41, 5.74) is 1.77. The molecule has 4 nitrogen and oxygen atoms in total. The fourth-order valence-corrected chi connectivity index (χ4v) is 3.32. The van der Waals surface area contributed by atoms with Gasteiger partial charge in [-0.2, -0.15) is 0 Å². The number of aliphatic carboxylic acids is 1. The minimum absolute atomic E-state index is 0.113. The van der Waals surface area contributed by atoms with Crippen LogP contribution in [0.1, 0.15) is 13.3 Å². The van der Waals surface area contributed by atoms with Crippen LogP contribution >= 0.6 is 11.6 Å². The van der Waals surface area contributed by atoms with Crippen molar-refractivity contribution in [3.63, 3.8) is 0 Å². The van der Waals surface area contributed by atoms with Gasteiger partial charge in [0.25, 0.3) is 0 Å². The van der Waals surface area contributed by atoms with Crippen LogP contribution in [0.4, 0.5) is 5.69 Å². The number of amides is 1. The molecule has 3 rings (SSSR count). The summed E-state index contributed by atoms with van der Waals surface area (Å²) in [6, 6.07) is 6.52. The van der Waals surface area contributed by atoms with Gasteiger partial charge in [-0.05, 0) is 37.6 Å². The Morgan fingerprint density at radius 3 is 2.60 bits per heavy atom. The second-order valence-electron chi connectivity index (χ2n) is 5.36. The summed E-state index contributed by atoms with van der Waals surface area (Å²) in [6.45, 7) is 1.94. The van der Waals surface area contributed by atoms with E-state index in [1.54, 1.807) is 29.2 Å². The number of rotatable bonds is 2. The van der Waals surface area contributed by atoms with Gasteiger partial charge in [-0.1, -0.05) is 23.3 Å². The first kappa shape index (κ1) is 13.2. The van der Waals surface area contributed by atoms with Gasteiger partial charge in [0, 0.05) is 10.7 Å². The molecule has 1 heterocycles. The zero-order valence-corrected chi connectivity index (χ0v) is 11.7. The smallest absolute Gasteiger partial charge is 0.309 e. The molecule has 1 saturated heterocycles. The van der Waals surface area contributed by atoms with Crippen molar-refractivity contribution in [2.75, 3.05) is 4.90 Å². The van der Waals surface area contributed by atoms with Crippen LogP contribution in [0.25, 0.3) is 0 Å². The van der Waals surface area contributed by atoms with Gasteiger partial charge in [-0.25, -0.2) is 0 Å². The molecule has 1 amide bonds. The summed E-state index contributed by atoms with van der Waals surface area (Å²) in [6.07, 6.45) is 2.42. The van der Waals surface area contributed by atoms with Crippen molar-refractivity contribution in [2.24, 2.45) is 11.8 Å². The summed E-state index contributed by atoms with van der Waals surface area (Å²) >= 11 is 5.86. The van der Waals surface area contributed by atoms with E-state index >= 15 is 0 Å². The van der Waals surface area contributed by atoms with Crippen molar-refractivity contribution < 1.29 is 14.7 Å². The van der Waals surface area contributed by atoms with Crippen molar-refractivity contribution in [3.05, 3.63) is 40.9 Å². The Kier molecular flexibility index (Phi) is 3.05. The van der Waals surface area contributed by atoms with Gasteiger partial charge < -0.3 is 10.0 Å². The van der Waals surface area contributed by atoms with Gasteiger partial charge in [0.05, 0.1) is 17.9 Å². The highest BCUT2D eigenvalue weighted by Gasteiger charge is 2.53. The number of anilines is 1. The van der Waals surface area contributed by atoms with Gasteiger partial charge in [-0.3, -0.25) is 9.59 Å². The topological polar surface area (TPSA) is 57.6 Å². The molecule has 1 aromatic rings. The number of hydrogen-bond donors (Lipinski definition) is 1. The number of carboxylic acid groups (broad SMARTS) is 1. The van der Waals surface area contributed by atoms with Gasteiger partial charge in [0.1, 0.15) is 0 Å². The maximum atomic E-state index is 12.5. The summed E-state index contributed by atoms with van der Waals surface area (Å²) in [4.78, 5) is 25.6. The van der Waals surface area contributed by atoms with E-state index in [-0.39, 0.29) is 5.91 Å². The molecule has 3 atom stereocenters. The Bertz CT molecular complexity index is 608. The van der Waals surface area contributed by atoms with Crippen LogP contribution in [0, 0.1) is 11.8 Å². The molecule has 5 heteroatoms. The second kappa shape index (κ2) is 4.63. The van der Waals surface area contributed by atoms with E-state index in [2.05, 4.69) is 0 Å². The Hall–Kier alpha value is -1.81. The number of benzene rings is 1. The predicted molar refractivity (Wildman–Crippen MR) is 75.7 cm³/mol. The summed E-state index contributed by atoms with van der Waals surface area (Å²) in [7, 11) is 0. The van der Waals surface area contributed by atoms with Crippen molar-refractivity contribution in [1.82, 2.24) is 0 Å². The van der Waals surface area contributed by atoms with E-state index in [1.807, 2.05) is 13.0 Å². The Morgan fingerprint density at radius 2 is 2.00 bits per heavy atom. The lowest BCUT2D eigenvalue weighted by atomic mass is 9.80. The molecule has 0 spiro atoms. The second-order valence-corrected chi connectivity index (χ2v) is 5.80. The molecular formula is C15H14ClNO3. The fourth-order valence-electron chi connectivity index (χ4n) is 3.20. The van der Waals surface area contributed by atoms with Crippen LogP contribution in [0.15, 0.2) is 35.9 Å². The third-order valence-corrected chi connectivity index (χ3v) is 4.29. The minimum Gasteiger partial charge on any atom is -0.481 e. The van der Waals surface area contributed by atoms with Crippen LogP contribution in [0.5, 0.6) is 0 Å². The van der Waals surface area contributed by atoms with Crippen LogP contribution in [0.2, 0.25) is 5.02 Å². The number of allylic oxidation sites excluding steroid dienone is 1. The molecule has 1 aliphatic carbocycles. The first-order chi connectivity index (χ1) is 9.49. The predicted octanol–water partition coefficient (Wildman–Crippen LogP) is 2.72. The normalized spacial score (nSPS) is 28.5. The lowest BCUT2D eigenvalue weighted by molar-refractivity contribution is -0.144. The standard InChI is InChI=1S/C15H14ClNO3/c1-8-6-11-13(15(19)20)12(7-8)17(14(11)18)10-4-2-9(16)3-5-10/h2-5,7,11-13H,6H2,1H3,(H,19,20). The molecule has 0 aromatic heterocycles. The number of carboxylic acids is 1. The quantitative estimate of drug-likeness (QED) is 0.852. The van der Waals surface area contributed by atoms with E-state index in [0.29, 0.717) is 17.1 Å². The largest absolute Gasteiger partial charge is 0.481 e. The lowest BCUT2D eigenvalue weighted by Gasteiger charge is -2.26. The highest BCUT2D eigenvalue weighted by molar-refractivity contribution is 6.30. The van der Waals surface area contributed by atoms with E-state index < -0.39 is 23.8 Å². The summed E-state index contributed by atoms with van der Waals surface area (Å²) in [5, 5.41) is 9.99. The Morgan fingerprint density at radius 1 is 1.35 bits per heavy atom. The molecular weight excluding hydrogens is 278 g/mol. The number of carbonyl (C=O) groups is 2. The highest BCUT2D eigenvalue weighted by Crippen LogP contribution is 2.43. The van der Waals surface area contributed by atoms with E-state index in [9.17, 15) is 14.7 Å². The van der Waals surface area contributed by atoms with E-state index in [4.69, 9.17) is 11.6 Å². The van der Waals surface area contributed by atoms with E-state index in [0.717, 1.165) is 5.57 Å². The minimum atomic E-state index is -0.909. The van der Waals surface area contributed by atoms with Gasteiger partial charge in [-0.15, -0.1) is 0 Å². The van der Waals surface area contributed by atoms with E-state index in [1.165, 1.54) is 0 Å². The maximum Gasteiger partial charge on any atom is 0.309 e. The zero-order valence-electron chi connectivity index (χ0n) is 10.9. The molecule has 2 bridgehead atoms. The van der Waals surface area contributed by atoms with Crippen LogP contribution in [-0.4, -0.2) is 23.0 Å². The first-order valence-corrected chi connectivity index (χ1v) is 6.85. The fraction of sp³-hybridized carbons (Fsp3) is 0.333. The zero-order chi connectivity index (χ0) is 14.4. The molecule has 20 heavy (non-hydrogen) atoms. The molecule has 0 radical (unpaired) electrons. The highest BCUT2D eigenvalue weighted by atomic mass is 35.5. The number of hydrogen-bond acceptors (Lipinski definition) is 2. The molecule has 1 aliphatic heterocycles. The molecule has 2 aliphatic rings. The van der Waals surface area contributed by atoms with Gasteiger partial charge in [0.15, 0.2) is 0 Å². The number of nitrogens with zero attached hydrogens (tertiary/aromatic N) is 1. The van der Waals surface area contributed by atoms with Gasteiger partial charge >= 0.3 is 5.97 Å². The Balaban J connectivity index is 2.06. The lowest BCUT2D eigenvalue weighted by Crippen LogP contribution is -2.36. The molecule has 104 valence electrons. The molecule has 1 fully saturated rings. The van der Waals surface area contributed by atoms with Crippen LogP contribution in [-0.2, 0) is 9.59 Å². The molecule has 1 N–H and O–H groups in total. The average Bonchev–Trinajstić information content (AvgIpc) is 2.57. The van der Waals surface area contributed by atoms with Crippen LogP contribution in [0.3, 0.4) is 0 Å². The van der Waals surface area contributed by atoms with Crippen LogP contribution < -0.4 is 4.90 Å². The molecule has 1 aromatic carbocycles. The summed E-state index contributed by atoms with van der Waals surface area (Å²) in [5.74, 6) is -2.15. The van der Waals surface area contributed by atoms with Crippen molar-refractivity contribution in [1.29, 1.82) is 0 Å². The number of fused-ring (bicyclic) bond motifs is 2. The van der Waals surface area contributed by atoms with Crippen molar-refractivity contribution >= 4 is 29.2 Å². The number of halogens is 1. The Labute approximate surface area is 121 Å². The first-order valence-electron chi connectivity index (χ1n) is 6.48. The van der Waals surface area contributed by atoms with Crippen molar-refractivity contribution in [3.8, 4) is 0 Å². The third-order valence-electron chi connectivity index (χ3n) is 4.04. The average molecular weight is 292 g/mol. The maximum absolute atomic E-state index is 12.5. The van der Waals surface area contributed by atoms with Gasteiger partial charge in [0.2, 0.25) is 5.91 Å².